The minimum absolute atomic E-state index is 0. The van der Waals surface area contributed by atoms with E-state index in [1.54, 1.807) is 36.9 Å². The first-order valence-electron chi connectivity index (χ1n) is 28.7. The number of anilines is 5. The van der Waals surface area contributed by atoms with Crippen molar-refractivity contribution in [2.45, 2.75) is 84.7 Å². The first-order chi connectivity index (χ1) is 43.8. The normalized spacial score (nSPS) is 12.2. The number of hydrogen-bond acceptors (Lipinski definition) is 17. The van der Waals surface area contributed by atoms with Gasteiger partial charge in [0.25, 0.3) is 11.9 Å². The van der Waals surface area contributed by atoms with Crippen LogP contribution in [0.4, 0.5) is 34.0 Å². The smallest absolute Gasteiger partial charge is 0.565 e. The van der Waals surface area contributed by atoms with Gasteiger partial charge >= 0.3 is 138 Å². The molecule has 2 aliphatic carbocycles. The fourth-order valence-electron chi connectivity index (χ4n) is 8.85. The van der Waals surface area contributed by atoms with E-state index in [-0.39, 0.29) is 164 Å². The number of aryl methyl sites for hydroxylation is 2. The standard InChI is InChI=1S/C39H32OP2.C12H14N6.C8H10ClN3.C4H5N3.2C2H4O2.CH2O3.2Cs.Pd/c1-39(2)33-25-15-27-35(41(29-17-7-3-8-18-29)30-19-9-4-10-20-30)37(33)40-38-34(39)26-16-28-36(38)42(31-21-11-5-12-22-31)32-23-13-6-14-24-32;1-8-6-14-12(17-10-4-5-13-7-15-10)18-11(8)16-9-2-3-9;1-5-4-10-8(9)12-7(5)11-6-2-3-6;5-4-1-2-6-3-7-4;2*1-2(3)4;2-1(3)4;;;/h3-28H,1-2H3;4-7,9H,2-3H2,1H3,(H2,13,14,15,16,17,18);4,6H,2-3H2,1H3,(H,10,11,12);1-3H,(H2,5,6,7);2*1H3,(H,3,4);(H2,2,3,4);;;/q;;;;;;;2*+1;/p-1. The molecule has 6 aromatic carbocycles. The molecule has 1 aliphatic heterocycles. The van der Waals surface area contributed by atoms with E-state index < -0.39 is 33.9 Å². The van der Waals surface area contributed by atoms with Crippen molar-refractivity contribution < 1.29 is 198 Å². The molecule has 94 heavy (non-hydrogen) atoms. The topological polar surface area (TPSA) is 309 Å². The van der Waals surface area contributed by atoms with E-state index in [0.29, 0.717) is 35.0 Å². The van der Waals surface area contributed by atoms with Crippen molar-refractivity contribution in [3.63, 3.8) is 0 Å². The van der Waals surface area contributed by atoms with Crippen molar-refractivity contribution in [3.8, 4) is 11.5 Å². The zero-order valence-electron chi connectivity index (χ0n) is 53.2. The second-order valence-corrected chi connectivity index (χ2v) is 25.6. The van der Waals surface area contributed by atoms with Gasteiger partial charge in [0.15, 0.2) is 0 Å². The Labute approximate surface area is 686 Å². The van der Waals surface area contributed by atoms with E-state index >= 15 is 0 Å². The fraction of sp³-hybridized carbons (Fsp3) is 0.191. The molecule has 10 aromatic rings. The molecule has 0 atom stereocenters. The number of carboxylic acid groups (broad SMARTS) is 4. The van der Waals surface area contributed by atoms with E-state index in [1.165, 1.54) is 81.3 Å². The number of nitrogen functional groups attached to an aromatic ring is 1. The van der Waals surface area contributed by atoms with Crippen molar-refractivity contribution >= 4 is 107 Å². The maximum absolute atomic E-state index is 9.00. The Morgan fingerprint density at radius 2 is 0.936 bits per heavy atom. The SMILES string of the molecule is CC(=O)O.CC(=O)O.CC1(C)c2cccc(P(c3ccccc3)c3ccccc3)c2Oc2c(P(c3ccccc3)c3ccccc3)cccc21.Cc1cnc(Cl)nc1NC1CC1.Cc1cnc(Nc2ccncn2)nc1NC1CC1.Nc1ccncn1.O=C([O-])O.[Cs+].[Cs+].[Pd]. The van der Waals surface area contributed by atoms with Gasteiger partial charge in [0, 0.05) is 109 Å². The van der Waals surface area contributed by atoms with Crippen LogP contribution in [0.1, 0.15) is 75.6 Å². The Balaban J connectivity index is 0.000000296. The summed E-state index contributed by atoms with van der Waals surface area (Å²) in [6.07, 6.45) is 12.5. The molecule has 0 bridgehead atoms. The predicted octanol–water partition coefficient (Wildman–Crippen LogP) is 4.67. The maximum atomic E-state index is 9.00. The molecule has 0 spiro atoms. The molecule has 13 rings (SSSR count). The predicted molar refractivity (Wildman–Crippen MR) is 361 cm³/mol. The van der Waals surface area contributed by atoms with Crippen LogP contribution in [0, 0.1) is 13.8 Å². The van der Waals surface area contributed by atoms with Crippen molar-refractivity contribution in [2.75, 3.05) is 21.7 Å². The molecule has 5 heterocycles. The van der Waals surface area contributed by atoms with Crippen LogP contribution >= 0.6 is 27.4 Å². The van der Waals surface area contributed by atoms with Gasteiger partial charge in [0.1, 0.15) is 47.4 Å². The summed E-state index contributed by atoms with van der Waals surface area (Å²) in [5, 5.41) is 48.0. The molecule has 0 unspecified atom stereocenters. The molecule has 26 heteroatoms. The van der Waals surface area contributed by atoms with Crippen molar-refractivity contribution in [2.24, 2.45) is 0 Å². The number of nitrogens with zero attached hydrogens (tertiary/aromatic N) is 8. The summed E-state index contributed by atoms with van der Waals surface area (Å²) in [4.78, 5) is 58.4. The average molecular weight is 1650 g/mol. The van der Waals surface area contributed by atoms with Crippen LogP contribution < -0.4 is 201 Å². The number of carbonyl (C=O) groups is 3. The first kappa shape index (κ1) is 81.2. The quantitative estimate of drug-likeness (QED) is 0.0496. The molecule has 3 aliphatic rings. The number of rotatable bonds is 12. The fourth-order valence-corrected chi connectivity index (χ4v) is 13.8. The van der Waals surface area contributed by atoms with Gasteiger partial charge in [0.2, 0.25) is 17.4 Å². The number of benzene rings is 6. The molecule has 8 N–H and O–H groups in total. The zero-order chi connectivity index (χ0) is 65.3. The van der Waals surface area contributed by atoms with Gasteiger partial charge in [-0.3, -0.25) is 9.59 Å². The minimum Gasteiger partial charge on any atom is -0.565 e. The molecule has 478 valence electrons. The van der Waals surface area contributed by atoms with Gasteiger partial charge in [0.05, 0.1) is 0 Å². The third kappa shape index (κ3) is 26.6. The van der Waals surface area contributed by atoms with E-state index in [4.69, 9.17) is 56.9 Å². The number of hydrogen-bond donors (Lipinski definition) is 7. The number of ether oxygens (including phenoxy) is 1. The van der Waals surface area contributed by atoms with Gasteiger partial charge in [-0.15, -0.1) is 0 Å². The maximum Gasteiger partial charge on any atom is 1.00 e. The van der Waals surface area contributed by atoms with Crippen LogP contribution in [0.3, 0.4) is 0 Å². The van der Waals surface area contributed by atoms with Gasteiger partial charge in [-0.1, -0.05) is 172 Å². The zero-order valence-corrected chi connectivity index (χ0v) is 69.9. The van der Waals surface area contributed by atoms with Gasteiger partial charge in [-0.05, 0) is 100 Å². The Kier molecular flexibility index (Phi) is 36.1. The average Bonchev–Trinajstić information content (AvgIpc) is 0.828. The molecule has 0 amide bonds. The largest absolute Gasteiger partial charge is 1.00 e. The van der Waals surface area contributed by atoms with Crippen LogP contribution in [-0.2, 0) is 35.4 Å². The molecule has 0 radical (unpaired) electrons. The molecule has 20 nitrogen and oxygen atoms in total. The van der Waals surface area contributed by atoms with Gasteiger partial charge in [-0.2, -0.15) is 4.98 Å². The number of para-hydroxylation sites is 2. The third-order valence-corrected chi connectivity index (χ3v) is 18.4. The van der Waals surface area contributed by atoms with Gasteiger partial charge < -0.3 is 51.6 Å². The summed E-state index contributed by atoms with van der Waals surface area (Å²) in [7, 11) is -1.65. The number of carboxylic acids is 2. The van der Waals surface area contributed by atoms with Crippen LogP contribution in [0.15, 0.2) is 207 Å². The minimum atomic E-state index is -2.08. The Morgan fingerprint density at radius 3 is 1.28 bits per heavy atom. The number of nitrogens with one attached hydrogen (secondary N) is 3. The molecule has 0 saturated heterocycles. The van der Waals surface area contributed by atoms with Crippen LogP contribution in [0.25, 0.3) is 0 Å². The Morgan fingerprint density at radius 1 is 0.564 bits per heavy atom. The molecular formula is C68H70ClCs2N12O8P2Pd+. The number of aromatic nitrogens is 8. The van der Waals surface area contributed by atoms with E-state index in [0.717, 1.165) is 48.1 Å². The number of nitrogens with two attached hydrogens (primary N) is 1. The number of halogens is 1. The summed E-state index contributed by atoms with van der Waals surface area (Å²) in [6.45, 7) is 10.8. The van der Waals surface area contributed by atoms with E-state index in [2.05, 4.69) is 227 Å². The van der Waals surface area contributed by atoms with Crippen LogP contribution in [0.2, 0.25) is 5.28 Å². The van der Waals surface area contributed by atoms with Crippen LogP contribution in [-0.4, -0.2) is 85.4 Å². The summed E-state index contributed by atoms with van der Waals surface area (Å²) < 4.78 is 7.26. The van der Waals surface area contributed by atoms with Crippen molar-refractivity contribution in [1.29, 1.82) is 0 Å². The second-order valence-electron chi connectivity index (χ2n) is 20.9. The summed E-state index contributed by atoms with van der Waals surface area (Å²) >= 11 is 5.66. The van der Waals surface area contributed by atoms with Crippen molar-refractivity contribution in [1.82, 2.24) is 39.9 Å². The van der Waals surface area contributed by atoms with E-state index in [1.807, 2.05) is 13.8 Å². The third-order valence-electron chi connectivity index (χ3n) is 13.3. The molecule has 4 aromatic heterocycles. The Hall–Kier alpha value is -5.23. The monoisotopic (exact) mass is 1650 g/mol. The number of aliphatic carboxylic acids is 2. The summed E-state index contributed by atoms with van der Waals surface area (Å²) in [5.74, 6) is 3.86. The Bertz CT molecular complexity index is 3700. The number of fused-ring (bicyclic) bond motifs is 2. The first-order valence-corrected chi connectivity index (χ1v) is 31.8. The summed E-state index contributed by atoms with van der Waals surface area (Å²) in [6, 6.07) is 61.8. The van der Waals surface area contributed by atoms with Crippen molar-refractivity contribution in [3.05, 3.63) is 235 Å². The van der Waals surface area contributed by atoms with E-state index in [9.17, 15) is 0 Å². The molecule has 2 saturated carbocycles. The molecular weight excluding hydrogens is 1580 g/mol. The van der Waals surface area contributed by atoms with Crippen LogP contribution in [0.5, 0.6) is 11.5 Å². The molecule has 2 fully saturated rings. The second kappa shape index (κ2) is 41.8. The summed E-state index contributed by atoms with van der Waals surface area (Å²) in [5.41, 5.74) is 9.57. The van der Waals surface area contributed by atoms with Gasteiger partial charge in [-0.25, -0.2) is 34.9 Å².